The number of β-amino-alcohol motifs (C(OH)–C–C–N with tert-alkyl or cyclic N) is 1. The standard InChI is InChI=1S/C28H36ClN7O4S/c1-4-5-6-16-40-28(39)36(24-17-23(31-20(3)32-24)35-12-10-34(11-13-35)14-15-37)27-30-18-22(41-27)26(38)33-25-19(2)8-7-9-21(25)29/h7-9,17-18,37H,4-6,10-16H2,1-3H3,(H,33,38). The zero-order valence-electron chi connectivity index (χ0n) is 23.6. The van der Waals surface area contributed by atoms with Crippen LogP contribution in [-0.4, -0.2) is 82.9 Å². The van der Waals surface area contributed by atoms with Gasteiger partial charge in [-0.05, 0) is 31.9 Å². The molecular formula is C28H36ClN7O4S. The molecule has 220 valence electrons. The molecule has 13 heteroatoms. The summed E-state index contributed by atoms with van der Waals surface area (Å²) in [5.41, 5.74) is 1.35. The molecule has 2 N–H and O–H groups in total. The number of unbranched alkanes of at least 4 members (excludes halogenated alkanes) is 2. The highest BCUT2D eigenvalue weighted by atomic mass is 35.5. The highest BCUT2D eigenvalue weighted by molar-refractivity contribution is 7.17. The highest BCUT2D eigenvalue weighted by Gasteiger charge is 2.28. The first-order valence-corrected chi connectivity index (χ1v) is 14.9. The Morgan fingerprint density at radius 1 is 1.17 bits per heavy atom. The lowest BCUT2D eigenvalue weighted by molar-refractivity contribution is 0.103. The molecule has 0 unspecified atom stereocenters. The highest BCUT2D eigenvalue weighted by Crippen LogP contribution is 2.33. The second-order valence-corrected chi connectivity index (χ2v) is 11.1. The van der Waals surface area contributed by atoms with Gasteiger partial charge in [-0.2, -0.15) is 0 Å². The predicted octanol–water partition coefficient (Wildman–Crippen LogP) is 5.03. The number of amides is 2. The molecular weight excluding hydrogens is 566 g/mol. The van der Waals surface area contributed by atoms with Gasteiger partial charge in [-0.15, -0.1) is 0 Å². The number of aliphatic hydroxyl groups is 1. The second kappa shape index (κ2) is 14.5. The van der Waals surface area contributed by atoms with Gasteiger partial charge < -0.3 is 20.1 Å². The minimum absolute atomic E-state index is 0.123. The van der Waals surface area contributed by atoms with Crippen LogP contribution in [0.4, 0.5) is 27.2 Å². The molecule has 3 heterocycles. The van der Waals surface area contributed by atoms with Crippen molar-refractivity contribution in [3.63, 3.8) is 0 Å². The number of carbonyl (C=O) groups excluding carboxylic acids is 2. The molecule has 0 atom stereocenters. The summed E-state index contributed by atoms with van der Waals surface area (Å²) < 4.78 is 5.61. The van der Waals surface area contributed by atoms with Crippen LogP contribution in [-0.2, 0) is 4.74 Å². The van der Waals surface area contributed by atoms with Gasteiger partial charge in [-0.1, -0.05) is 54.8 Å². The molecule has 1 aliphatic heterocycles. The number of nitrogens with one attached hydrogen (secondary N) is 1. The van der Waals surface area contributed by atoms with Crippen LogP contribution in [0.5, 0.6) is 0 Å². The summed E-state index contributed by atoms with van der Waals surface area (Å²) in [7, 11) is 0. The number of para-hydroxylation sites is 1. The van der Waals surface area contributed by atoms with Crippen molar-refractivity contribution < 1.29 is 19.4 Å². The topological polar surface area (TPSA) is 124 Å². The van der Waals surface area contributed by atoms with Gasteiger partial charge in [0.15, 0.2) is 5.82 Å². The minimum Gasteiger partial charge on any atom is -0.449 e. The van der Waals surface area contributed by atoms with Crippen LogP contribution >= 0.6 is 22.9 Å². The molecule has 1 saturated heterocycles. The van der Waals surface area contributed by atoms with E-state index in [0.717, 1.165) is 62.3 Å². The van der Waals surface area contributed by atoms with Gasteiger partial charge in [-0.25, -0.2) is 24.6 Å². The summed E-state index contributed by atoms with van der Waals surface area (Å²) >= 11 is 7.35. The van der Waals surface area contributed by atoms with Crippen molar-refractivity contribution in [2.24, 2.45) is 0 Å². The molecule has 0 bridgehead atoms. The van der Waals surface area contributed by atoms with Crippen molar-refractivity contribution in [2.75, 3.05) is 61.1 Å². The number of carbonyl (C=O) groups is 2. The van der Waals surface area contributed by atoms with Gasteiger partial charge in [0.2, 0.25) is 5.13 Å². The third-order valence-corrected chi connectivity index (χ3v) is 7.97. The van der Waals surface area contributed by atoms with Gasteiger partial charge in [0.05, 0.1) is 30.1 Å². The average molecular weight is 602 g/mol. The van der Waals surface area contributed by atoms with E-state index in [1.807, 2.05) is 19.1 Å². The Morgan fingerprint density at radius 3 is 2.66 bits per heavy atom. The summed E-state index contributed by atoms with van der Waals surface area (Å²) in [5, 5.41) is 12.8. The number of ether oxygens (including phenoxy) is 1. The number of nitrogens with zero attached hydrogens (tertiary/aromatic N) is 6. The molecule has 0 spiro atoms. The molecule has 1 fully saturated rings. The van der Waals surface area contributed by atoms with Crippen molar-refractivity contribution in [2.45, 2.75) is 40.0 Å². The molecule has 4 rings (SSSR count). The van der Waals surface area contributed by atoms with E-state index in [2.05, 4.69) is 37.0 Å². The molecule has 2 aromatic heterocycles. The Hall–Kier alpha value is -3.32. The van der Waals surface area contributed by atoms with Crippen LogP contribution < -0.4 is 15.1 Å². The summed E-state index contributed by atoms with van der Waals surface area (Å²) in [5.74, 6) is 1.10. The number of thiazole rings is 1. The molecule has 0 saturated carbocycles. The summed E-state index contributed by atoms with van der Waals surface area (Å²) in [6, 6.07) is 7.13. The third kappa shape index (κ3) is 7.91. The maximum absolute atomic E-state index is 13.4. The number of hydrogen-bond donors (Lipinski definition) is 2. The van der Waals surface area contributed by atoms with Crippen LogP contribution in [0.15, 0.2) is 30.5 Å². The number of anilines is 4. The SMILES string of the molecule is CCCCCOC(=O)N(c1cc(N2CCN(CCO)CC2)nc(C)n1)c1ncc(C(=O)Nc2c(C)cccc2Cl)s1. The average Bonchev–Trinajstić information content (AvgIpc) is 3.43. The summed E-state index contributed by atoms with van der Waals surface area (Å²) in [6.07, 6.45) is 3.48. The van der Waals surface area contributed by atoms with E-state index < -0.39 is 6.09 Å². The van der Waals surface area contributed by atoms with Gasteiger partial charge in [0.1, 0.15) is 16.5 Å². The molecule has 1 aromatic carbocycles. The zero-order chi connectivity index (χ0) is 29.4. The molecule has 0 radical (unpaired) electrons. The smallest absolute Gasteiger partial charge is 0.422 e. The lowest BCUT2D eigenvalue weighted by atomic mass is 10.2. The molecule has 11 nitrogen and oxygen atoms in total. The first-order valence-electron chi connectivity index (χ1n) is 13.7. The van der Waals surface area contributed by atoms with Crippen LogP contribution in [0, 0.1) is 13.8 Å². The summed E-state index contributed by atoms with van der Waals surface area (Å²) in [6.45, 7) is 9.75. The Kier molecular flexibility index (Phi) is 10.9. The third-order valence-electron chi connectivity index (χ3n) is 6.68. The van der Waals surface area contributed by atoms with E-state index in [1.54, 1.807) is 19.1 Å². The maximum atomic E-state index is 13.4. The fourth-order valence-electron chi connectivity index (χ4n) is 4.44. The molecule has 41 heavy (non-hydrogen) atoms. The van der Waals surface area contributed by atoms with Crippen LogP contribution in [0.3, 0.4) is 0 Å². The fourth-order valence-corrected chi connectivity index (χ4v) is 5.52. The Labute approximate surface area is 249 Å². The predicted molar refractivity (Wildman–Crippen MR) is 162 cm³/mol. The van der Waals surface area contributed by atoms with Crippen LogP contribution in [0.1, 0.15) is 47.2 Å². The van der Waals surface area contributed by atoms with E-state index in [0.29, 0.717) is 39.6 Å². The Balaban J connectivity index is 1.61. The monoisotopic (exact) mass is 601 g/mol. The molecule has 2 amide bonds. The lowest BCUT2D eigenvalue weighted by Gasteiger charge is -2.35. The van der Waals surface area contributed by atoms with E-state index in [9.17, 15) is 14.7 Å². The van der Waals surface area contributed by atoms with E-state index in [-0.39, 0.29) is 24.3 Å². The second-order valence-electron chi connectivity index (χ2n) is 9.73. The summed E-state index contributed by atoms with van der Waals surface area (Å²) in [4.78, 5) is 46.0. The van der Waals surface area contributed by atoms with Gasteiger partial charge in [-0.3, -0.25) is 9.69 Å². The zero-order valence-corrected chi connectivity index (χ0v) is 25.2. The number of aromatic nitrogens is 3. The molecule has 3 aromatic rings. The van der Waals surface area contributed by atoms with E-state index in [1.165, 1.54) is 11.1 Å². The molecule has 0 aliphatic carbocycles. The lowest BCUT2D eigenvalue weighted by Crippen LogP contribution is -2.47. The first kappa shape index (κ1) is 30.6. The van der Waals surface area contributed by atoms with E-state index >= 15 is 0 Å². The maximum Gasteiger partial charge on any atom is 0.422 e. The number of aliphatic hydroxyl groups excluding tert-OH is 1. The minimum atomic E-state index is -0.624. The number of benzene rings is 1. The largest absolute Gasteiger partial charge is 0.449 e. The number of halogens is 1. The molecule has 1 aliphatic rings. The first-order chi connectivity index (χ1) is 19.8. The van der Waals surface area contributed by atoms with Gasteiger partial charge in [0, 0.05) is 38.8 Å². The van der Waals surface area contributed by atoms with Crippen molar-refractivity contribution in [3.8, 4) is 0 Å². The van der Waals surface area contributed by atoms with Crippen molar-refractivity contribution in [3.05, 3.63) is 51.7 Å². The van der Waals surface area contributed by atoms with Crippen molar-refractivity contribution >= 4 is 57.4 Å². The quantitative estimate of drug-likeness (QED) is 0.291. The van der Waals surface area contributed by atoms with Gasteiger partial charge in [0.25, 0.3) is 5.91 Å². The van der Waals surface area contributed by atoms with E-state index in [4.69, 9.17) is 16.3 Å². The Morgan fingerprint density at radius 2 is 1.95 bits per heavy atom. The van der Waals surface area contributed by atoms with Crippen LogP contribution in [0.25, 0.3) is 0 Å². The Bertz CT molecular complexity index is 1330. The number of hydrogen-bond acceptors (Lipinski definition) is 10. The van der Waals surface area contributed by atoms with Crippen molar-refractivity contribution in [1.29, 1.82) is 0 Å². The number of aryl methyl sites for hydroxylation is 2. The normalized spacial score (nSPS) is 13.7. The van der Waals surface area contributed by atoms with Gasteiger partial charge >= 0.3 is 6.09 Å². The number of piperazine rings is 1. The van der Waals surface area contributed by atoms with Crippen molar-refractivity contribution in [1.82, 2.24) is 19.9 Å². The fraction of sp³-hybridized carbons (Fsp3) is 0.464. The van der Waals surface area contributed by atoms with Crippen LogP contribution in [0.2, 0.25) is 5.02 Å². The number of rotatable bonds is 11.